The number of ether oxygens (including phenoxy) is 1. The van der Waals surface area contributed by atoms with Gasteiger partial charge in [-0.25, -0.2) is 4.98 Å². The van der Waals surface area contributed by atoms with E-state index in [-0.39, 0.29) is 0 Å². The Labute approximate surface area is 159 Å². The number of hydrogen-bond donors (Lipinski definition) is 2. The number of benzene rings is 1. The smallest absolute Gasteiger partial charge is 0.224 e. The minimum absolute atomic E-state index is 0.558. The fraction of sp³-hybridized carbons (Fsp3) is 0.400. The first kappa shape index (κ1) is 18.5. The lowest BCUT2D eigenvalue weighted by Crippen LogP contribution is -2.09. The van der Waals surface area contributed by atoms with Crippen molar-refractivity contribution in [2.45, 2.75) is 39.0 Å². The zero-order valence-corrected chi connectivity index (χ0v) is 16.1. The molecule has 0 atom stereocenters. The van der Waals surface area contributed by atoms with Gasteiger partial charge in [-0.3, -0.25) is 0 Å². The van der Waals surface area contributed by atoms with Crippen molar-refractivity contribution in [2.24, 2.45) is 0 Å². The van der Waals surface area contributed by atoms with Crippen LogP contribution in [0.3, 0.4) is 0 Å². The molecule has 0 saturated heterocycles. The van der Waals surface area contributed by atoms with Crippen LogP contribution >= 0.6 is 11.6 Å². The van der Waals surface area contributed by atoms with E-state index in [0.29, 0.717) is 16.7 Å². The first-order valence-corrected chi connectivity index (χ1v) is 9.40. The second-order valence-electron chi connectivity index (χ2n) is 6.48. The Kier molecular flexibility index (Phi) is 6.34. The van der Waals surface area contributed by atoms with Crippen LogP contribution in [0.1, 0.15) is 37.8 Å². The summed E-state index contributed by atoms with van der Waals surface area (Å²) in [6, 6.07) is 7.47. The molecule has 1 aliphatic rings. The fourth-order valence-electron chi connectivity index (χ4n) is 3.07. The number of nitrogens with one attached hydrogen (secondary N) is 2. The normalized spacial score (nSPS) is 13.9. The van der Waals surface area contributed by atoms with Crippen molar-refractivity contribution in [3.05, 3.63) is 46.6 Å². The number of aromatic nitrogens is 2. The van der Waals surface area contributed by atoms with Crippen molar-refractivity contribution in [3.63, 3.8) is 0 Å². The SMILES string of the molecule is COc1ccc(Nc2cc(C)nc(NCCC3=CCCCC3)n2)cc1Cl. The third-order valence-electron chi connectivity index (χ3n) is 4.39. The van der Waals surface area contributed by atoms with E-state index in [1.165, 1.54) is 25.7 Å². The highest BCUT2D eigenvalue weighted by Gasteiger charge is 2.07. The van der Waals surface area contributed by atoms with Crippen molar-refractivity contribution >= 4 is 29.1 Å². The third-order valence-corrected chi connectivity index (χ3v) is 4.69. The van der Waals surface area contributed by atoms with Crippen LogP contribution in [0.5, 0.6) is 5.75 Å². The van der Waals surface area contributed by atoms with E-state index in [2.05, 4.69) is 26.7 Å². The molecule has 1 aliphatic carbocycles. The quantitative estimate of drug-likeness (QED) is 0.629. The molecule has 0 radical (unpaired) electrons. The summed E-state index contributed by atoms with van der Waals surface area (Å²) in [5, 5.41) is 7.17. The molecule has 138 valence electrons. The van der Waals surface area contributed by atoms with Crippen LogP contribution in [0.4, 0.5) is 17.5 Å². The van der Waals surface area contributed by atoms with Gasteiger partial charge in [0, 0.05) is 24.0 Å². The van der Waals surface area contributed by atoms with Gasteiger partial charge >= 0.3 is 0 Å². The topological polar surface area (TPSA) is 59.1 Å². The molecule has 26 heavy (non-hydrogen) atoms. The average Bonchev–Trinajstić information content (AvgIpc) is 2.62. The summed E-state index contributed by atoms with van der Waals surface area (Å²) in [7, 11) is 1.60. The Hall–Kier alpha value is -2.27. The van der Waals surface area contributed by atoms with Gasteiger partial charge in [-0.05, 0) is 57.2 Å². The Morgan fingerprint density at radius 3 is 2.81 bits per heavy atom. The number of hydrogen-bond acceptors (Lipinski definition) is 5. The van der Waals surface area contributed by atoms with Crippen LogP contribution in [0, 0.1) is 6.92 Å². The lowest BCUT2D eigenvalue weighted by atomic mass is 9.97. The predicted octanol–water partition coefficient (Wildman–Crippen LogP) is 5.49. The number of aryl methyl sites for hydroxylation is 1. The summed E-state index contributed by atoms with van der Waals surface area (Å²) in [5.74, 6) is 2.03. The lowest BCUT2D eigenvalue weighted by Gasteiger charge is -2.14. The van der Waals surface area contributed by atoms with Gasteiger partial charge in [0.15, 0.2) is 0 Å². The van der Waals surface area contributed by atoms with Crippen molar-refractivity contribution in [2.75, 3.05) is 24.3 Å². The second-order valence-corrected chi connectivity index (χ2v) is 6.88. The Balaban J connectivity index is 1.63. The molecule has 1 heterocycles. The molecule has 2 N–H and O–H groups in total. The predicted molar refractivity (Wildman–Crippen MR) is 108 cm³/mol. The van der Waals surface area contributed by atoms with Gasteiger partial charge in [0.05, 0.1) is 12.1 Å². The van der Waals surface area contributed by atoms with Gasteiger partial charge in [-0.2, -0.15) is 4.98 Å². The van der Waals surface area contributed by atoms with Crippen molar-refractivity contribution in [1.29, 1.82) is 0 Å². The molecule has 0 unspecified atom stereocenters. The van der Waals surface area contributed by atoms with Crippen LogP contribution in [0.15, 0.2) is 35.9 Å². The first-order valence-electron chi connectivity index (χ1n) is 9.02. The molecule has 0 spiro atoms. The van der Waals surface area contributed by atoms with Gasteiger partial charge in [0.1, 0.15) is 11.6 Å². The van der Waals surface area contributed by atoms with E-state index in [1.807, 2.05) is 31.2 Å². The third kappa shape index (κ3) is 5.11. The van der Waals surface area contributed by atoms with Gasteiger partial charge in [0.25, 0.3) is 0 Å². The van der Waals surface area contributed by atoms with Crippen molar-refractivity contribution < 1.29 is 4.74 Å². The molecular formula is C20H25ClN4O. The zero-order chi connectivity index (χ0) is 18.4. The summed E-state index contributed by atoms with van der Waals surface area (Å²) in [5.41, 5.74) is 3.30. The highest BCUT2D eigenvalue weighted by atomic mass is 35.5. The van der Waals surface area contributed by atoms with Crippen LogP contribution in [0.2, 0.25) is 5.02 Å². The van der Waals surface area contributed by atoms with Crippen molar-refractivity contribution in [3.8, 4) is 5.75 Å². The van der Waals surface area contributed by atoms with Gasteiger partial charge in [-0.1, -0.05) is 23.3 Å². The summed E-state index contributed by atoms with van der Waals surface area (Å²) in [6.07, 6.45) is 8.50. The summed E-state index contributed by atoms with van der Waals surface area (Å²) < 4.78 is 5.18. The molecule has 1 aromatic heterocycles. The molecule has 0 bridgehead atoms. The maximum Gasteiger partial charge on any atom is 0.224 e. The van der Waals surface area contributed by atoms with Crippen LogP contribution in [-0.4, -0.2) is 23.6 Å². The summed E-state index contributed by atoms with van der Waals surface area (Å²) in [6.45, 7) is 2.81. The number of allylic oxidation sites excluding steroid dienone is 1. The number of nitrogens with zero attached hydrogens (tertiary/aromatic N) is 2. The molecule has 0 saturated carbocycles. The summed E-state index contributed by atoms with van der Waals surface area (Å²) in [4.78, 5) is 9.03. The fourth-order valence-corrected chi connectivity index (χ4v) is 3.33. The molecule has 0 fully saturated rings. The highest BCUT2D eigenvalue weighted by molar-refractivity contribution is 6.32. The number of anilines is 3. The van der Waals surface area contributed by atoms with Gasteiger partial charge in [-0.15, -0.1) is 0 Å². The first-order chi connectivity index (χ1) is 12.6. The minimum Gasteiger partial charge on any atom is -0.495 e. The van der Waals surface area contributed by atoms with E-state index >= 15 is 0 Å². The molecule has 6 heteroatoms. The van der Waals surface area contributed by atoms with E-state index < -0.39 is 0 Å². The molecular weight excluding hydrogens is 348 g/mol. The number of halogens is 1. The molecule has 0 aliphatic heterocycles. The zero-order valence-electron chi connectivity index (χ0n) is 15.3. The maximum atomic E-state index is 6.19. The van der Waals surface area contributed by atoms with Crippen LogP contribution in [-0.2, 0) is 0 Å². The molecule has 3 rings (SSSR count). The standard InChI is InChI=1S/C20H25ClN4O/c1-14-12-19(24-16-8-9-18(26-2)17(21)13-16)25-20(23-14)22-11-10-15-6-4-3-5-7-15/h6,8-9,12-13H,3-5,7,10-11H2,1-2H3,(H2,22,23,24,25). The minimum atomic E-state index is 0.558. The Bertz CT molecular complexity index is 791. The van der Waals surface area contributed by atoms with Crippen LogP contribution < -0.4 is 15.4 Å². The van der Waals surface area contributed by atoms with E-state index in [0.717, 1.165) is 30.2 Å². The lowest BCUT2D eigenvalue weighted by molar-refractivity contribution is 0.415. The average molecular weight is 373 g/mol. The Morgan fingerprint density at radius 1 is 1.19 bits per heavy atom. The maximum absolute atomic E-state index is 6.19. The van der Waals surface area contributed by atoms with E-state index in [1.54, 1.807) is 12.7 Å². The van der Waals surface area contributed by atoms with Gasteiger partial charge < -0.3 is 15.4 Å². The van der Waals surface area contributed by atoms with Crippen LogP contribution in [0.25, 0.3) is 0 Å². The molecule has 5 nitrogen and oxygen atoms in total. The monoisotopic (exact) mass is 372 g/mol. The van der Waals surface area contributed by atoms with E-state index in [9.17, 15) is 0 Å². The highest BCUT2D eigenvalue weighted by Crippen LogP contribution is 2.28. The Morgan fingerprint density at radius 2 is 2.08 bits per heavy atom. The molecule has 0 amide bonds. The summed E-state index contributed by atoms with van der Waals surface area (Å²) >= 11 is 6.19. The number of rotatable bonds is 7. The van der Waals surface area contributed by atoms with Crippen molar-refractivity contribution in [1.82, 2.24) is 9.97 Å². The number of methoxy groups -OCH3 is 1. The molecule has 2 aromatic rings. The second kappa shape index (κ2) is 8.90. The van der Waals surface area contributed by atoms with Gasteiger partial charge in [0.2, 0.25) is 5.95 Å². The molecule has 1 aromatic carbocycles. The van der Waals surface area contributed by atoms with E-state index in [4.69, 9.17) is 16.3 Å². The largest absolute Gasteiger partial charge is 0.495 e.